The van der Waals surface area contributed by atoms with Gasteiger partial charge >= 0.3 is 5.97 Å². The zero-order chi connectivity index (χ0) is 17.3. The number of nitrogens with one attached hydrogen (secondary N) is 1. The van der Waals surface area contributed by atoms with Gasteiger partial charge in [0.1, 0.15) is 23.9 Å². The van der Waals surface area contributed by atoms with Crippen LogP contribution in [0.4, 0.5) is 5.82 Å². The fraction of sp³-hybridized carbons (Fsp3) is 0.500. The Morgan fingerprint density at radius 3 is 2.83 bits per heavy atom. The van der Waals surface area contributed by atoms with Crippen molar-refractivity contribution in [2.45, 2.75) is 38.8 Å². The maximum Gasteiger partial charge on any atom is 0.302 e. The first-order valence-electron chi connectivity index (χ1n) is 7.86. The number of esters is 1. The summed E-state index contributed by atoms with van der Waals surface area (Å²) in [7, 11) is 0. The summed E-state index contributed by atoms with van der Waals surface area (Å²) in [4.78, 5) is 31.0. The lowest BCUT2D eigenvalue weighted by molar-refractivity contribution is -0.148. The number of ether oxygens (including phenoxy) is 1. The summed E-state index contributed by atoms with van der Waals surface area (Å²) in [6.07, 6.45) is 4.31. The first-order valence-corrected chi connectivity index (χ1v) is 7.86. The lowest BCUT2D eigenvalue weighted by atomic mass is 10.1. The Hall–Kier alpha value is -2.48. The molecule has 2 aromatic heterocycles. The molecule has 24 heavy (non-hydrogen) atoms. The molecule has 1 amide bonds. The van der Waals surface area contributed by atoms with Crippen LogP contribution in [0, 0.1) is 5.92 Å². The molecule has 0 bridgehead atoms. The topological polar surface area (TPSA) is 106 Å². The van der Waals surface area contributed by atoms with Gasteiger partial charge in [0.05, 0.1) is 5.39 Å². The highest BCUT2D eigenvalue weighted by Crippen LogP contribution is 2.38. The van der Waals surface area contributed by atoms with Crippen LogP contribution in [-0.4, -0.2) is 44.2 Å². The van der Waals surface area contributed by atoms with Gasteiger partial charge in [0.2, 0.25) is 5.91 Å². The van der Waals surface area contributed by atoms with Crippen LogP contribution in [0.25, 0.3) is 11.0 Å². The highest BCUT2D eigenvalue weighted by atomic mass is 16.5. The highest BCUT2D eigenvalue weighted by Gasteiger charge is 2.37. The third kappa shape index (κ3) is 3.09. The largest absolute Gasteiger partial charge is 0.462 e. The summed E-state index contributed by atoms with van der Waals surface area (Å²) in [5, 5.41) is 13.0. The van der Waals surface area contributed by atoms with Gasteiger partial charge in [0, 0.05) is 45.0 Å². The van der Waals surface area contributed by atoms with Crippen LogP contribution in [0.5, 0.6) is 0 Å². The number of hydrogen-bond donors (Lipinski definition) is 2. The van der Waals surface area contributed by atoms with E-state index in [1.807, 2.05) is 16.8 Å². The summed E-state index contributed by atoms with van der Waals surface area (Å²) in [6.45, 7) is 2.77. The number of aromatic nitrogens is 3. The van der Waals surface area contributed by atoms with E-state index in [0.29, 0.717) is 24.3 Å². The lowest BCUT2D eigenvalue weighted by Gasteiger charge is -2.16. The minimum atomic E-state index is -0.341. The quantitative estimate of drug-likeness (QED) is 0.817. The second kappa shape index (κ2) is 6.56. The van der Waals surface area contributed by atoms with Crippen molar-refractivity contribution in [2.24, 2.45) is 5.92 Å². The average molecular weight is 332 g/mol. The number of nitrogens with zero attached hydrogens (tertiary/aromatic N) is 3. The summed E-state index contributed by atoms with van der Waals surface area (Å²) in [5.41, 5.74) is 0.707. The van der Waals surface area contributed by atoms with Gasteiger partial charge in [-0.2, -0.15) is 0 Å². The van der Waals surface area contributed by atoms with Crippen LogP contribution in [0.15, 0.2) is 18.6 Å². The van der Waals surface area contributed by atoms with Crippen molar-refractivity contribution in [3.8, 4) is 0 Å². The number of aliphatic hydroxyl groups is 1. The van der Waals surface area contributed by atoms with E-state index in [2.05, 4.69) is 15.3 Å². The molecule has 0 unspecified atom stereocenters. The lowest BCUT2D eigenvalue weighted by Crippen LogP contribution is -2.23. The molecule has 1 aliphatic carbocycles. The number of aliphatic hydroxyl groups excluding tert-OH is 1. The smallest absolute Gasteiger partial charge is 0.302 e. The molecule has 2 heterocycles. The van der Waals surface area contributed by atoms with Crippen LogP contribution < -0.4 is 5.32 Å². The first kappa shape index (κ1) is 16.4. The number of rotatable bonds is 4. The summed E-state index contributed by atoms with van der Waals surface area (Å²) < 4.78 is 7.32. The zero-order valence-corrected chi connectivity index (χ0v) is 13.6. The number of hydrogen-bond acceptors (Lipinski definition) is 6. The van der Waals surface area contributed by atoms with E-state index >= 15 is 0 Å². The van der Waals surface area contributed by atoms with Crippen LogP contribution in [0.2, 0.25) is 0 Å². The molecule has 0 aliphatic heterocycles. The van der Waals surface area contributed by atoms with Crippen LogP contribution in [-0.2, 0) is 14.3 Å². The number of anilines is 1. The van der Waals surface area contributed by atoms with E-state index in [-0.39, 0.29) is 36.5 Å². The Kier molecular flexibility index (Phi) is 4.48. The molecule has 8 heteroatoms. The molecule has 1 fully saturated rings. The van der Waals surface area contributed by atoms with Crippen LogP contribution in [0.3, 0.4) is 0 Å². The van der Waals surface area contributed by atoms with Crippen molar-refractivity contribution in [1.82, 2.24) is 14.5 Å². The SMILES string of the molecule is CC(=O)Nc1ncnc2c1ccn2[C@@H]1C[C@@H](CO)[C@@H](OC(C)=O)C1. The van der Waals surface area contributed by atoms with Gasteiger partial charge < -0.3 is 19.7 Å². The monoisotopic (exact) mass is 332 g/mol. The number of fused-ring (bicyclic) bond motifs is 1. The molecule has 128 valence electrons. The van der Waals surface area contributed by atoms with Gasteiger partial charge in [-0.05, 0) is 12.5 Å². The standard InChI is InChI=1S/C16H20N4O4/c1-9(22)19-15-13-3-4-20(16(13)18-8-17-15)12-5-11(7-21)14(6-12)24-10(2)23/h3-4,8,11-12,14,21H,5-7H2,1-2H3,(H,17,18,19,22)/t11-,12+,14-/m0/s1. The van der Waals surface area contributed by atoms with E-state index in [4.69, 9.17) is 4.74 Å². The van der Waals surface area contributed by atoms with Crippen molar-refractivity contribution in [3.63, 3.8) is 0 Å². The maximum atomic E-state index is 11.3. The molecule has 2 N–H and O–H groups in total. The summed E-state index contributed by atoms with van der Waals surface area (Å²) in [6, 6.07) is 1.91. The van der Waals surface area contributed by atoms with Crippen molar-refractivity contribution in [1.29, 1.82) is 0 Å². The summed E-state index contributed by atoms with van der Waals surface area (Å²) >= 11 is 0. The Bertz CT molecular complexity index is 773. The number of amides is 1. The minimum absolute atomic E-state index is 0.0280. The third-order valence-electron chi connectivity index (χ3n) is 4.35. The molecule has 2 aromatic rings. The molecule has 1 aliphatic rings. The van der Waals surface area contributed by atoms with Gasteiger partial charge in [0.15, 0.2) is 0 Å². The molecule has 0 saturated heterocycles. The zero-order valence-electron chi connectivity index (χ0n) is 13.6. The van der Waals surface area contributed by atoms with Gasteiger partial charge in [-0.15, -0.1) is 0 Å². The molecule has 3 atom stereocenters. The predicted molar refractivity (Wildman–Crippen MR) is 86.2 cm³/mol. The molecular formula is C16H20N4O4. The second-order valence-corrected chi connectivity index (χ2v) is 6.08. The third-order valence-corrected chi connectivity index (χ3v) is 4.35. The molecule has 0 aromatic carbocycles. The molecule has 0 spiro atoms. The molecular weight excluding hydrogens is 312 g/mol. The predicted octanol–water partition coefficient (Wildman–Crippen LogP) is 1.26. The number of carbonyl (C=O) groups is 2. The molecule has 0 radical (unpaired) electrons. The Morgan fingerprint density at radius 1 is 1.38 bits per heavy atom. The van der Waals surface area contributed by atoms with Crippen LogP contribution >= 0.6 is 0 Å². The average Bonchev–Trinajstić information content (AvgIpc) is 3.10. The fourth-order valence-electron chi connectivity index (χ4n) is 3.37. The van der Waals surface area contributed by atoms with E-state index < -0.39 is 0 Å². The molecule has 8 nitrogen and oxygen atoms in total. The van der Waals surface area contributed by atoms with E-state index in [0.717, 1.165) is 5.39 Å². The van der Waals surface area contributed by atoms with Gasteiger partial charge in [-0.25, -0.2) is 9.97 Å². The number of carbonyl (C=O) groups excluding carboxylic acids is 2. The van der Waals surface area contributed by atoms with Crippen LogP contribution in [0.1, 0.15) is 32.7 Å². The van der Waals surface area contributed by atoms with E-state index in [9.17, 15) is 14.7 Å². The fourth-order valence-corrected chi connectivity index (χ4v) is 3.37. The molecule has 3 rings (SSSR count). The van der Waals surface area contributed by atoms with Crippen molar-refractivity contribution in [2.75, 3.05) is 11.9 Å². The second-order valence-electron chi connectivity index (χ2n) is 6.08. The highest BCUT2D eigenvalue weighted by molar-refractivity contribution is 5.97. The van der Waals surface area contributed by atoms with Crippen molar-refractivity contribution < 1.29 is 19.4 Å². The Labute approximate surface area is 138 Å². The van der Waals surface area contributed by atoms with Gasteiger partial charge in [-0.1, -0.05) is 0 Å². The maximum absolute atomic E-state index is 11.3. The Morgan fingerprint density at radius 2 is 2.17 bits per heavy atom. The molecule has 1 saturated carbocycles. The van der Waals surface area contributed by atoms with E-state index in [1.54, 1.807) is 0 Å². The summed E-state index contributed by atoms with van der Waals surface area (Å²) in [5.74, 6) is -0.155. The first-order chi connectivity index (χ1) is 11.5. The van der Waals surface area contributed by atoms with Gasteiger partial charge in [-0.3, -0.25) is 9.59 Å². The van der Waals surface area contributed by atoms with Crippen molar-refractivity contribution in [3.05, 3.63) is 18.6 Å². The minimum Gasteiger partial charge on any atom is -0.462 e. The van der Waals surface area contributed by atoms with Gasteiger partial charge in [0.25, 0.3) is 0 Å². The van der Waals surface area contributed by atoms with E-state index in [1.165, 1.54) is 20.2 Å². The normalized spacial score (nSPS) is 23.4. The van der Waals surface area contributed by atoms with Crippen molar-refractivity contribution >= 4 is 28.7 Å². The Balaban J connectivity index is 1.90.